The molecule has 4 nitrogen and oxygen atoms in total. The van der Waals surface area contributed by atoms with Crippen molar-refractivity contribution in [2.24, 2.45) is 0 Å². The van der Waals surface area contributed by atoms with Crippen LogP contribution >= 0.6 is 0 Å². The molecular weight excluding hydrogens is 252 g/mol. The van der Waals surface area contributed by atoms with Crippen LogP contribution in [-0.2, 0) is 11.3 Å². The van der Waals surface area contributed by atoms with Crippen molar-refractivity contribution in [1.29, 1.82) is 0 Å². The molecule has 0 aliphatic rings. The van der Waals surface area contributed by atoms with Crippen molar-refractivity contribution in [3.05, 3.63) is 29.3 Å². The molecule has 0 saturated carbocycles. The summed E-state index contributed by atoms with van der Waals surface area (Å²) in [6.07, 6.45) is 0. The maximum Gasteiger partial charge on any atom is 0.236 e. The Kier molecular flexibility index (Phi) is 5.57. The number of hydrogen-bond acceptors (Lipinski definition) is 3. The molecule has 0 unspecified atom stereocenters. The summed E-state index contributed by atoms with van der Waals surface area (Å²) in [6, 6.07) is 6.00. The smallest absolute Gasteiger partial charge is 0.236 e. The fraction of sp³-hybridized carbons (Fsp3) is 0.562. The second-order valence-corrected chi connectivity index (χ2v) is 6.17. The summed E-state index contributed by atoms with van der Waals surface area (Å²) in [5.74, 6) is 0.891. The first-order valence-corrected chi connectivity index (χ1v) is 6.85. The third-order valence-corrected chi connectivity index (χ3v) is 3.04. The van der Waals surface area contributed by atoms with Crippen molar-refractivity contribution in [2.75, 3.05) is 20.7 Å². The van der Waals surface area contributed by atoms with E-state index in [1.54, 1.807) is 12.0 Å². The van der Waals surface area contributed by atoms with Crippen molar-refractivity contribution in [2.45, 2.75) is 39.8 Å². The number of amides is 1. The molecule has 0 spiro atoms. The molecule has 0 aromatic heterocycles. The molecule has 0 aliphatic carbocycles. The number of likely N-dealkylation sites (N-methyl/N-ethyl adjacent to an activating group) is 1. The second-order valence-electron chi connectivity index (χ2n) is 6.17. The highest BCUT2D eigenvalue weighted by Gasteiger charge is 2.15. The molecule has 1 rings (SSSR count). The largest absolute Gasteiger partial charge is 0.496 e. The second kappa shape index (κ2) is 6.75. The molecule has 1 N–H and O–H groups in total. The number of nitrogens with zero attached hydrogens (tertiary/aromatic N) is 1. The number of hydrogen-bond donors (Lipinski definition) is 1. The van der Waals surface area contributed by atoms with Crippen LogP contribution in [0.3, 0.4) is 0 Å². The van der Waals surface area contributed by atoms with Crippen molar-refractivity contribution in [1.82, 2.24) is 10.2 Å². The summed E-state index contributed by atoms with van der Waals surface area (Å²) in [5, 5.41) is 3.21. The minimum atomic E-state index is -0.0580. The number of benzene rings is 1. The molecule has 20 heavy (non-hydrogen) atoms. The number of rotatable bonds is 5. The zero-order chi connectivity index (χ0) is 15.3. The number of methoxy groups -OCH3 is 1. The predicted molar refractivity (Wildman–Crippen MR) is 82.0 cm³/mol. The Balaban J connectivity index is 2.68. The van der Waals surface area contributed by atoms with E-state index >= 15 is 0 Å². The third-order valence-electron chi connectivity index (χ3n) is 3.04. The molecule has 0 radical (unpaired) electrons. The Labute approximate surface area is 122 Å². The van der Waals surface area contributed by atoms with Crippen molar-refractivity contribution < 1.29 is 9.53 Å². The van der Waals surface area contributed by atoms with Crippen LogP contribution in [-0.4, -0.2) is 37.0 Å². The maximum absolute atomic E-state index is 12.1. The molecule has 0 fully saturated rings. The molecule has 1 amide bonds. The Hall–Kier alpha value is -1.55. The lowest BCUT2D eigenvalue weighted by Crippen LogP contribution is -2.43. The monoisotopic (exact) mass is 278 g/mol. The first-order valence-electron chi connectivity index (χ1n) is 6.85. The van der Waals surface area contributed by atoms with E-state index in [0.717, 1.165) is 16.9 Å². The molecule has 1 aromatic carbocycles. The van der Waals surface area contributed by atoms with Gasteiger partial charge in [0.15, 0.2) is 0 Å². The van der Waals surface area contributed by atoms with Crippen LogP contribution in [0.15, 0.2) is 18.2 Å². The first kappa shape index (κ1) is 16.5. The van der Waals surface area contributed by atoms with Gasteiger partial charge in [-0.05, 0) is 33.8 Å². The molecule has 1 aromatic rings. The summed E-state index contributed by atoms with van der Waals surface area (Å²) in [4.78, 5) is 13.8. The highest BCUT2D eigenvalue weighted by molar-refractivity contribution is 5.78. The number of ether oxygens (including phenoxy) is 1. The van der Waals surface area contributed by atoms with Crippen LogP contribution in [0.5, 0.6) is 5.75 Å². The Bertz CT molecular complexity index is 464. The van der Waals surface area contributed by atoms with Gasteiger partial charge >= 0.3 is 0 Å². The summed E-state index contributed by atoms with van der Waals surface area (Å²) in [6.45, 7) is 9.06. The first-order chi connectivity index (χ1) is 9.23. The lowest BCUT2D eigenvalue weighted by Gasteiger charge is -2.24. The Morgan fingerprint density at radius 1 is 1.35 bits per heavy atom. The fourth-order valence-electron chi connectivity index (χ4n) is 1.85. The van der Waals surface area contributed by atoms with Crippen LogP contribution in [0.1, 0.15) is 31.9 Å². The van der Waals surface area contributed by atoms with E-state index in [-0.39, 0.29) is 11.4 Å². The highest BCUT2D eigenvalue weighted by atomic mass is 16.5. The highest BCUT2D eigenvalue weighted by Crippen LogP contribution is 2.20. The van der Waals surface area contributed by atoms with Gasteiger partial charge in [-0.15, -0.1) is 0 Å². The van der Waals surface area contributed by atoms with E-state index in [0.29, 0.717) is 13.1 Å². The number of aryl methyl sites for hydroxylation is 1. The van der Waals surface area contributed by atoms with Crippen LogP contribution in [0.25, 0.3) is 0 Å². The fourth-order valence-corrected chi connectivity index (χ4v) is 1.85. The quantitative estimate of drug-likeness (QED) is 0.899. The van der Waals surface area contributed by atoms with Gasteiger partial charge in [-0.2, -0.15) is 0 Å². The molecule has 4 heteroatoms. The zero-order valence-electron chi connectivity index (χ0n) is 13.4. The molecular formula is C16H26N2O2. The van der Waals surface area contributed by atoms with Crippen LogP contribution < -0.4 is 10.1 Å². The van der Waals surface area contributed by atoms with Crippen LogP contribution in [0.4, 0.5) is 0 Å². The standard InChI is InChI=1S/C16H26N2O2/c1-12-7-8-14(20-6)13(9-12)11-18(5)15(19)10-17-16(2,3)4/h7-9,17H,10-11H2,1-6H3. The minimum Gasteiger partial charge on any atom is -0.496 e. The van der Waals surface area contributed by atoms with Crippen molar-refractivity contribution in [3.63, 3.8) is 0 Å². The Morgan fingerprint density at radius 3 is 2.55 bits per heavy atom. The van der Waals surface area contributed by atoms with E-state index in [4.69, 9.17) is 4.74 Å². The third kappa shape index (κ3) is 5.21. The predicted octanol–water partition coefficient (Wildman–Crippen LogP) is 2.35. The van der Waals surface area contributed by atoms with Crippen LogP contribution in [0, 0.1) is 6.92 Å². The summed E-state index contributed by atoms with van der Waals surface area (Å²) >= 11 is 0. The van der Waals surface area contributed by atoms with Gasteiger partial charge in [0, 0.05) is 24.7 Å². The van der Waals surface area contributed by atoms with E-state index in [9.17, 15) is 4.79 Å². The molecule has 0 heterocycles. The normalized spacial score (nSPS) is 11.3. The summed E-state index contributed by atoms with van der Waals surface area (Å²) in [5.41, 5.74) is 2.13. The van der Waals surface area contributed by atoms with Gasteiger partial charge in [-0.25, -0.2) is 0 Å². The number of carbonyl (C=O) groups excluding carboxylic acids is 1. The molecule has 112 valence electrons. The van der Waals surface area contributed by atoms with E-state index in [1.807, 2.05) is 46.9 Å². The number of carbonyl (C=O) groups is 1. The van der Waals surface area contributed by atoms with Gasteiger partial charge in [-0.3, -0.25) is 4.79 Å². The van der Waals surface area contributed by atoms with Crippen molar-refractivity contribution in [3.8, 4) is 5.75 Å². The lowest BCUT2D eigenvalue weighted by atomic mass is 10.1. The average molecular weight is 278 g/mol. The summed E-state index contributed by atoms with van der Waals surface area (Å²) < 4.78 is 5.34. The van der Waals surface area contributed by atoms with Crippen LogP contribution in [0.2, 0.25) is 0 Å². The van der Waals surface area contributed by atoms with Gasteiger partial charge < -0.3 is 15.0 Å². The van der Waals surface area contributed by atoms with Gasteiger partial charge in [0.05, 0.1) is 13.7 Å². The average Bonchev–Trinajstić information content (AvgIpc) is 2.35. The molecule has 0 atom stereocenters. The van der Waals surface area contributed by atoms with Gasteiger partial charge in [0.2, 0.25) is 5.91 Å². The van der Waals surface area contributed by atoms with Gasteiger partial charge in [0.25, 0.3) is 0 Å². The zero-order valence-corrected chi connectivity index (χ0v) is 13.4. The minimum absolute atomic E-state index is 0.0580. The number of nitrogens with one attached hydrogen (secondary N) is 1. The maximum atomic E-state index is 12.1. The van der Waals surface area contributed by atoms with Crippen molar-refractivity contribution >= 4 is 5.91 Å². The van der Waals surface area contributed by atoms with E-state index < -0.39 is 0 Å². The Morgan fingerprint density at radius 2 is 2.00 bits per heavy atom. The molecule has 0 aliphatic heterocycles. The van der Waals surface area contributed by atoms with Gasteiger partial charge in [0.1, 0.15) is 5.75 Å². The van der Waals surface area contributed by atoms with E-state index in [1.165, 1.54) is 0 Å². The molecule has 0 bridgehead atoms. The SMILES string of the molecule is COc1ccc(C)cc1CN(C)C(=O)CNC(C)(C)C. The molecule has 0 saturated heterocycles. The topological polar surface area (TPSA) is 41.6 Å². The summed E-state index contributed by atoms with van der Waals surface area (Å²) in [7, 11) is 3.46. The van der Waals surface area contributed by atoms with E-state index in [2.05, 4.69) is 11.4 Å². The lowest BCUT2D eigenvalue weighted by molar-refractivity contribution is -0.129. The van der Waals surface area contributed by atoms with Gasteiger partial charge in [-0.1, -0.05) is 17.7 Å².